The van der Waals surface area contributed by atoms with E-state index >= 15 is 0 Å². The molecule has 4 nitrogen and oxygen atoms in total. The Labute approximate surface area is 54.7 Å². The van der Waals surface area contributed by atoms with E-state index in [0.717, 1.165) is 0 Å². The number of rotatable bonds is 2. The maximum Gasteiger partial charge on any atom is 0.312 e. The fraction of sp³-hybridized carbons (Fsp3) is 0.600. The molecule has 1 heterocycles. The van der Waals surface area contributed by atoms with E-state index in [4.69, 9.17) is 4.74 Å². The maximum atomic E-state index is 5.12. The Morgan fingerprint density at radius 1 is 1.78 bits per heavy atom. The molecule has 4 heteroatoms. The predicted molar refractivity (Wildman–Crippen MR) is 34.3 cm³/mol. The van der Waals surface area contributed by atoms with Gasteiger partial charge in [0, 0.05) is 1.43 Å². The fourth-order valence-corrected chi connectivity index (χ4v) is 0.474. The minimum absolute atomic E-state index is 0. The average molecular weight is 129 g/mol. The molecule has 1 rings (SSSR count). The monoisotopic (exact) mass is 129 g/mol. The highest BCUT2D eigenvalue weighted by Crippen LogP contribution is 1.98. The molecule has 9 heavy (non-hydrogen) atoms. The first-order chi connectivity index (χ1) is 4.29. The van der Waals surface area contributed by atoms with E-state index in [2.05, 4.69) is 15.2 Å². The Kier molecular flexibility index (Phi) is 1.67. The van der Waals surface area contributed by atoms with Gasteiger partial charge < -0.3 is 4.74 Å². The van der Waals surface area contributed by atoms with E-state index in [9.17, 15) is 0 Å². The summed E-state index contributed by atoms with van der Waals surface area (Å²) in [5.74, 6) is 0. The van der Waals surface area contributed by atoms with Gasteiger partial charge in [-0.25, -0.2) is 5.10 Å². The van der Waals surface area contributed by atoms with Crippen LogP contribution in [0.25, 0.3) is 0 Å². The van der Waals surface area contributed by atoms with E-state index in [0.29, 0.717) is 6.01 Å². The molecule has 0 unspecified atom stereocenters. The molecule has 1 aromatic rings. The quantitative estimate of drug-likeness (QED) is 0.643. The van der Waals surface area contributed by atoms with Crippen LogP contribution in [0.2, 0.25) is 0 Å². The van der Waals surface area contributed by atoms with Crippen molar-refractivity contribution < 1.29 is 6.16 Å². The van der Waals surface area contributed by atoms with Crippen molar-refractivity contribution in [2.45, 2.75) is 20.0 Å². The largest absolute Gasteiger partial charge is 0.461 e. The van der Waals surface area contributed by atoms with Crippen molar-refractivity contribution in [3.63, 3.8) is 0 Å². The summed E-state index contributed by atoms with van der Waals surface area (Å²) in [6.45, 7) is 3.87. The van der Waals surface area contributed by atoms with E-state index in [1.54, 1.807) is 0 Å². The molecule has 0 spiro atoms. The van der Waals surface area contributed by atoms with Crippen molar-refractivity contribution in [1.82, 2.24) is 15.2 Å². The van der Waals surface area contributed by atoms with Crippen LogP contribution in [0, 0.1) is 0 Å². The van der Waals surface area contributed by atoms with Crippen molar-refractivity contribution in [3.8, 4) is 6.01 Å². The third-order valence-corrected chi connectivity index (χ3v) is 0.740. The highest BCUT2D eigenvalue weighted by molar-refractivity contribution is 4.85. The number of ether oxygens (including phenoxy) is 1. The van der Waals surface area contributed by atoms with E-state index in [-0.39, 0.29) is 7.53 Å². The number of hydrogen-bond acceptors (Lipinski definition) is 3. The van der Waals surface area contributed by atoms with Gasteiger partial charge in [0.1, 0.15) is 6.33 Å². The lowest BCUT2D eigenvalue weighted by Gasteiger charge is -2.02. The lowest BCUT2D eigenvalue weighted by atomic mass is 10.5. The van der Waals surface area contributed by atoms with Gasteiger partial charge in [-0.1, -0.05) is 0 Å². The first-order valence-corrected chi connectivity index (χ1v) is 2.81. The molecule has 0 aliphatic carbocycles. The Balaban J connectivity index is 0.000000810. The topological polar surface area (TPSA) is 50.8 Å². The van der Waals surface area contributed by atoms with Crippen molar-refractivity contribution >= 4 is 0 Å². The molecule has 0 aliphatic rings. The zero-order valence-corrected chi connectivity index (χ0v) is 5.46. The minimum Gasteiger partial charge on any atom is -0.461 e. The minimum atomic E-state index is 0. The maximum absolute atomic E-state index is 5.12. The summed E-state index contributed by atoms with van der Waals surface area (Å²) < 4.78 is 5.12. The van der Waals surface area contributed by atoms with Crippen LogP contribution in [0.15, 0.2) is 6.33 Å². The van der Waals surface area contributed by atoms with Crippen LogP contribution in [0.1, 0.15) is 15.3 Å². The van der Waals surface area contributed by atoms with E-state index in [1.807, 2.05) is 13.8 Å². The van der Waals surface area contributed by atoms with Crippen LogP contribution in [0.5, 0.6) is 6.01 Å². The smallest absolute Gasteiger partial charge is 0.312 e. The molecule has 0 aliphatic heterocycles. The molecule has 1 aromatic heterocycles. The molecule has 0 bridgehead atoms. The number of nitrogens with one attached hydrogen (secondary N) is 1. The van der Waals surface area contributed by atoms with Crippen LogP contribution < -0.4 is 4.74 Å². The van der Waals surface area contributed by atoms with Gasteiger partial charge in [0.15, 0.2) is 0 Å². The summed E-state index contributed by atoms with van der Waals surface area (Å²) in [6.07, 6.45) is 1.57. The Morgan fingerprint density at radius 3 is 3.00 bits per heavy atom. The van der Waals surface area contributed by atoms with Gasteiger partial charge in [0.25, 0.3) is 0 Å². The first-order valence-electron chi connectivity index (χ1n) is 2.81. The van der Waals surface area contributed by atoms with Gasteiger partial charge in [-0.2, -0.15) is 10.1 Å². The normalized spacial score (nSPS) is 10.1. The van der Waals surface area contributed by atoms with Crippen LogP contribution in [-0.4, -0.2) is 21.3 Å². The number of H-pyrrole nitrogens is 1. The van der Waals surface area contributed by atoms with Crippen molar-refractivity contribution in [2.24, 2.45) is 0 Å². The van der Waals surface area contributed by atoms with Crippen LogP contribution in [-0.2, 0) is 0 Å². The molecule has 0 fully saturated rings. The Hall–Kier alpha value is -1.06. The third kappa shape index (κ3) is 1.71. The van der Waals surface area contributed by atoms with Gasteiger partial charge in [0.2, 0.25) is 0 Å². The van der Waals surface area contributed by atoms with Crippen LogP contribution >= 0.6 is 0 Å². The Morgan fingerprint density at radius 2 is 2.56 bits per heavy atom. The number of aromatic amines is 1. The number of nitrogens with zero attached hydrogens (tertiary/aromatic N) is 2. The fourth-order valence-electron chi connectivity index (χ4n) is 0.474. The molecular weight excluding hydrogens is 118 g/mol. The van der Waals surface area contributed by atoms with Gasteiger partial charge in [-0.05, 0) is 13.8 Å². The molecule has 0 aromatic carbocycles. The van der Waals surface area contributed by atoms with Gasteiger partial charge in [-0.15, -0.1) is 0 Å². The molecule has 0 atom stereocenters. The van der Waals surface area contributed by atoms with Gasteiger partial charge in [0.05, 0.1) is 6.10 Å². The number of hydrogen-bond donors (Lipinski definition) is 1. The molecule has 1 N–H and O–H groups in total. The summed E-state index contributed by atoms with van der Waals surface area (Å²) in [4.78, 5) is 3.77. The second-order valence-electron chi connectivity index (χ2n) is 1.96. The van der Waals surface area contributed by atoms with Gasteiger partial charge >= 0.3 is 6.01 Å². The highest BCUT2D eigenvalue weighted by atomic mass is 16.5. The molecule has 0 saturated heterocycles. The van der Waals surface area contributed by atoms with Crippen LogP contribution in [0.4, 0.5) is 0 Å². The summed E-state index contributed by atoms with van der Waals surface area (Å²) in [6, 6.07) is 0.477. The summed E-state index contributed by atoms with van der Waals surface area (Å²) in [7, 11) is 0. The zero-order valence-electron chi connectivity index (χ0n) is 5.46. The van der Waals surface area contributed by atoms with Gasteiger partial charge in [-0.3, -0.25) is 0 Å². The summed E-state index contributed by atoms with van der Waals surface area (Å²) in [5.41, 5.74) is 0. The molecule has 0 saturated carbocycles. The van der Waals surface area contributed by atoms with Crippen molar-refractivity contribution in [1.29, 1.82) is 0 Å². The number of aromatic nitrogens is 3. The zero-order chi connectivity index (χ0) is 6.69. The van der Waals surface area contributed by atoms with Crippen LogP contribution in [0.3, 0.4) is 0 Å². The second kappa shape index (κ2) is 2.48. The lowest BCUT2D eigenvalue weighted by Crippen LogP contribution is -2.06. The highest BCUT2D eigenvalue weighted by Gasteiger charge is 1.96. The molecule has 0 radical (unpaired) electrons. The SMILES string of the molecule is CC(C)Oc1ncn[nH]1.[HH]. The average Bonchev–Trinajstić information content (AvgIpc) is 2.15. The molecule has 0 amide bonds. The summed E-state index contributed by atoms with van der Waals surface area (Å²) in [5, 5.41) is 6.20. The molecule has 52 valence electrons. The second-order valence-corrected chi connectivity index (χ2v) is 1.96. The first kappa shape index (κ1) is 6.07. The predicted octanol–water partition coefficient (Wildman–Crippen LogP) is 0.838. The summed E-state index contributed by atoms with van der Waals surface area (Å²) >= 11 is 0. The van der Waals surface area contributed by atoms with Crippen molar-refractivity contribution in [3.05, 3.63) is 6.33 Å². The lowest BCUT2D eigenvalue weighted by molar-refractivity contribution is 0.223. The van der Waals surface area contributed by atoms with Crippen molar-refractivity contribution in [2.75, 3.05) is 0 Å². The third-order valence-electron chi connectivity index (χ3n) is 0.740. The standard InChI is InChI=1S/C5H9N3O.H2/c1-4(2)9-5-6-3-7-8-5;/h3-4H,1-2H3,(H,6,7,8);1H. The Bertz CT molecular complexity index is 163. The van der Waals surface area contributed by atoms with E-state index in [1.165, 1.54) is 6.33 Å². The van der Waals surface area contributed by atoms with E-state index < -0.39 is 0 Å². The molecular formula is C5H11N3O.